The number of hydrogen-bond acceptors (Lipinski definition) is 5. The van der Waals surface area contributed by atoms with E-state index in [0.717, 1.165) is 23.2 Å². The normalized spacial score (nSPS) is 12.2. The van der Waals surface area contributed by atoms with Crippen LogP contribution in [-0.2, 0) is 4.79 Å². The maximum absolute atomic E-state index is 12.0. The van der Waals surface area contributed by atoms with Gasteiger partial charge in [0.1, 0.15) is 0 Å². The average molecular weight is 319 g/mol. The van der Waals surface area contributed by atoms with Gasteiger partial charge in [-0.1, -0.05) is 36.9 Å². The molecule has 2 aromatic rings. The van der Waals surface area contributed by atoms with E-state index in [0.29, 0.717) is 11.7 Å². The molecule has 1 aromatic heterocycles. The first-order valence-electron chi connectivity index (χ1n) is 7.34. The van der Waals surface area contributed by atoms with Gasteiger partial charge in [0, 0.05) is 6.54 Å². The lowest BCUT2D eigenvalue weighted by atomic mass is 10.1. The van der Waals surface area contributed by atoms with E-state index in [1.165, 1.54) is 11.8 Å². The summed E-state index contributed by atoms with van der Waals surface area (Å²) in [4.78, 5) is 12.0. The molecule has 0 fully saturated rings. The second-order valence-corrected chi connectivity index (χ2v) is 6.47. The Balaban J connectivity index is 2.22. The summed E-state index contributed by atoms with van der Waals surface area (Å²) in [6.45, 7) is 8.62. The highest BCUT2D eigenvalue weighted by Crippen LogP contribution is 2.26. The number of carbonyl (C=O) groups is 1. The van der Waals surface area contributed by atoms with Crippen LogP contribution in [0.5, 0.6) is 0 Å². The topological polar surface area (TPSA) is 72.7 Å². The van der Waals surface area contributed by atoms with Gasteiger partial charge in [0.25, 0.3) is 0 Å². The molecule has 1 atom stereocenters. The summed E-state index contributed by atoms with van der Waals surface area (Å²) in [6, 6.07) is 6.05. The van der Waals surface area contributed by atoms with Crippen molar-refractivity contribution in [1.29, 1.82) is 0 Å². The first-order chi connectivity index (χ1) is 10.5. The molecule has 0 saturated heterocycles. The Morgan fingerprint density at radius 2 is 2.05 bits per heavy atom. The highest BCUT2D eigenvalue weighted by atomic mass is 32.2. The van der Waals surface area contributed by atoms with Gasteiger partial charge in [0.15, 0.2) is 0 Å². The Morgan fingerprint density at radius 3 is 2.68 bits per heavy atom. The van der Waals surface area contributed by atoms with E-state index in [9.17, 15) is 4.79 Å². The van der Waals surface area contributed by atoms with Gasteiger partial charge in [-0.3, -0.25) is 4.79 Å². The Hall–Kier alpha value is -1.89. The number of nitrogens with one attached hydrogen (secondary N) is 1. The van der Waals surface area contributed by atoms with Gasteiger partial charge >= 0.3 is 0 Å². The summed E-state index contributed by atoms with van der Waals surface area (Å²) in [5.41, 5.74) is 3.16. The Morgan fingerprint density at radius 1 is 1.36 bits per heavy atom. The average Bonchev–Trinajstić information content (AvgIpc) is 2.92. The summed E-state index contributed by atoms with van der Waals surface area (Å²) in [5, 5.41) is 15.2. The quantitative estimate of drug-likeness (QED) is 0.827. The first kappa shape index (κ1) is 16.5. The Labute approximate surface area is 134 Å². The fourth-order valence-corrected chi connectivity index (χ4v) is 2.95. The second kappa shape index (κ2) is 7.40. The molecule has 0 bridgehead atoms. The summed E-state index contributed by atoms with van der Waals surface area (Å²) in [7, 11) is 0. The molecule has 6 nitrogen and oxygen atoms in total. The minimum atomic E-state index is -0.249. The van der Waals surface area contributed by atoms with Gasteiger partial charge in [-0.2, -0.15) is 4.68 Å². The highest BCUT2D eigenvalue weighted by Gasteiger charge is 2.20. The number of carbonyl (C=O) groups excluding carboxylic acids is 1. The fraction of sp³-hybridized carbons (Fsp3) is 0.467. The van der Waals surface area contributed by atoms with Crippen LogP contribution >= 0.6 is 11.8 Å². The van der Waals surface area contributed by atoms with Crippen LogP contribution in [0.15, 0.2) is 23.4 Å². The molecule has 0 aliphatic rings. The number of thioether (sulfide) groups is 1. The molecule has 0 radical (unpaired) electrons. The van der Waals surface area contributed by atoms with Crippen molar-refractivity contribution in [2.24, 2.45) is 0 Å². The third kappa shape index (κ3) is 3.65. The number of para-hydroxylation sites is 1. The number of nitrogens with zero attached hydrogens (tertiary/aromatic N) is 4. The lowest BCUT2D eigenvalue weighted by molar-refractivity contribution is -0.120. The lowest BCUT2D eigenvalue weighted by Gasteiger charge is -2.13. The minimum Gasteiger partial charge on any atom is -0.355 e. The number of aryl methyl sites for hydroxylation is 2. The van der Waals surface area contributed by atoms with Crippen LogP contribution in [0.2, 0.25) is 0 Å². The van der Waals surface area contributed by atoms with Gasteiger partial charge < -0.3 is 5.32 Å². The third-order valence-corrected chi connectivity index (χ3v) is 4.33. The summed E-state index contributed by atoms with van der Waals surface area (Å²) < 4.78 is 1.71. The SMILES string of the molecule is CCCNC(=O)[C@H](C)Sc1nnnn1-c1c(C)cccc1C. The standard InChI is InChI=1S/C15H21N5OS/c1-5-9-16-14(21)12(4)22-15-17-18-19-20(15)13-10(2)7-6-8-11(13)3/h6-8,12H,5,9H2,1-4H3,(H,16,21)/t12-/m0/s1. The van der Waals surface area contributed by atoms with Gasteiger partial charge in [0.2, 0.25) is 11.1 Å². The molecule has 1 heterocycles. The van der Waals surface area contributed by atoms with Crippen molar-refractivity contribution in [3.63, 3.8) is 0 Å². The molecule has 22 heavy (non-hydrogen) atoms. The van der Waals surface area contributed by atoms with Gasteiger partial charge in [-0.15, -0.1) is 5.10 Å². The maximum atomic E-state index is 12.0. The molecule has 1 amide bonds. The van der Waals surface area contributed by atoms with Crippen LogP contribution in [0.1, 0.15) is 31.4 Å². The molecule has 0 aliphatic heterocycles. The smallest absolute Gasteiger partial charge is 0.233 e. The van der Waals surface area contributed by atoms with Crippen molar-refractivity contribution in [2.75, 3.05) is 6.54 Å². The number of tetrazole rings is 1. The van der Waals surface area contributed by atoms with Gasteiger partial charge in [-0.25, -0.2) is 0 Å². The summed E-state index contributed by atoms with van der Waals surface area (Å²) in [5.74, 6) is 0.00269. The zero-order chi connectivity index (χ0) is 16.1. The van der Waals surface area contributed by atoms with E-state index < -0.39 is 0 Å². The van der Waals surface area contributed by atoms with E-state index in [1.54, 1.807) is 4.68 Å². The predicted molar refractivity (Wildman–Crippen MR) is 87.2 cm³/mol. The maximum Gasteiger partial charge on any atom is 0.233 e. The van der Waals surface area contributed by atoms with Crippen molar-refractivity contribution in [1.82, 2.24) is 25.5 Å². The predicted octanol–water partition coefficient (Wildman–Crippen LogP) is 2.29. The van der Waals surface area contributed by atoms with Crippen LogP contribution < -0.4 is 5.32 Å². The number of rotatable bonds is 6. The molecular formula is C15H21N5OS. The van der Waals surface area contributed by atoms with Gasteiger partial charge in [-0.05, 0) is 48.7 Å². The number of hydrogen-bond donors (Lipinski definition) is 1. The molecule has 1 aromatic carbocycles. The second-order valence-electron chi connectivity index (χ2n) is 5.16. The van der Waals surface area contributed by atoms with Crippen molar-refractivity contribution in [3.05, 3.63) is 29.3 Å². The molecule has 0 saturated carbocycles. The Bertz CT molecular complexity index is 635. The molecule has 0 aliphatic carbocycles. The highest BCUT2D eigenvalue weighted by molar-refractivity contribution is 8.00. The summed E-state index contributed by atoms with van der Waals surface area (Å²) in [6.07, 6.45) is 0.920. The Kier molecular flexibility index (Phi) is 5.54. The largest absolute Gasteiger partial charge is 0.355 e. The molecule has 118 valence electrons. The van der Waals surface area contributed by atoms with Crippen LogP contribution in [0.3, 0.4) is 0 Å². The monoisotopic (exact) mass is 319 g/mol. The van der Waals surface area contributed by atoms with Crippen molar-refractivity contribution >= 4 is 17.7 Å². The molecule has 7 heteroatoms. The van der Waals surface area contributed by atoms with Gasteiger partial charge in [0.05, 0.1) is 10.9 Å². The van der Waals surface area contributed by atoms with Crippen LogP contribution in [-0.4, -0.2) is 37.9 Å². The fourth-order valence-electron chi connectivity index (χ4n) is 2.14. The van der Waals surface area contributed by atoms with Crippen LogP contribution in [0.4, 0.5) is 0 Å². The zero-order valence-electron chi connectivity index (χ0n) is 13.3. The molecule has 0 spiro atoms. The number of aromatic nitrogens is 4. The molecular weight excluding hydrogens is 298 g/mol. The number of amides is 1. The van der Waals surface area contributed by atoms with E-state index in [4.69, 9.17) is 0 Å². The van der Waals surface area contributed by atoms with E-state index in [-0.39, 0.29) is 11.2 Å². The van der Waals surface area contributed by atoms with E-state index >= 15 is 0 Å². The zero-order valence-corrected chi connectivity index (χ0v) is 14.1. The van der Waals surface area contributed by atoms with E-state index in [2.05, 4.69) is 20.8 Å². The summed E-state index contributed by atoms with van der Waals surface area (Å²) >= 11 is 1.36. The molecule has 0 unspecified atom stereocenters. The first-order valence-corrected chi connectivity index (χ1v) is 8.22. The van der Waals surface area contributed by atoms with E-state index in [1.807, 2.05) is 45.9 Å². The third-order valence-electron chi connectivity index (χ3n) is 3.29. The molecule has 1 N–H and O–H groups in total. The van der Waals surface area contributed by atoms with Crippen LogP contribution in [0, 0.1) is 13.8 Å². The van der Waals surface area contributed by atoms with Crippen molar-refractivity contribution in [2.45, 2.75) is 44.5 Å². The van der Waals surface area contributed by atoms with Crippen molar-refractivity contribution < 1.29 is 4.79 Å². The minimum absolute atomic E-state index is 0.00269. The lowest BCUT2D eigenvalue weighted by Crippen LogP contribution is -2.31. The van der Waals surface area contributed by atoms with Crippen molar-refractivity contribution in [3.8, 4) is 5.69 Å². The molecule has 2 rings (SSSR count). The van der Waals surface area contributed by atoms with Crippen LogP contribution in [0.25, 0.3) is 5.69 Å². The number of benzene rings is 1.